The third-order valence-electron chi connectivity index (χ3n) is 4.55. The van der Waals surface area contributed by atoms with E-state index in [-0.39, 0.29) is 5.56 Å². The lowest BCUT2D eigenvalue weighted by Gasteiger charge is -2.12. The largest absolute Gasteiger partial charge is 0.496 e. The SMILES string of the molecule is COc1cc(-c2c(C#Cc3ccccc3)cccc2C(=O)O)cc2[nH]ccc12. The van der Waals surface area contributed by atoms with E-state index in [4.69, 9.17) is 4.74 Å². The highest BCUT2D eigenvalue weighted by molar-refractivity contribution is 6.00. The van der Waals surface area contributed by atoms with Gasteiger partial charge in [0.1, 0.15) is 5.75 Å². The van der Waals surface area contributed by atoms with Crippen LogP contribution in [0.15, 0.2) is 72.9 Å². The smallest absolute Gasteiger partial charge is 0.336 e. The van der Waals surface area contributed by atoms with E-state index in [9.17, 15) is 9.90 Å². The summed E-state index contributed by atoms with van der Waals surface area (Å²) in [6.45, 7) is 0. The maximum atomic E-state index is 11.9. The van der Waals surface area contributed by atoms with Crippen LogP contribution in [0.3, 0.4) is 0 Å². The van der Waals surface area contributed by atoms with Gasteiger partial charge in [0.2, 0.25) is 0 Å². The van der Waals surface area contributed by atoms with E-state index in [0.717, 1.165) is 22.0 Å². The Morgan fingerprint density at radius 3 is 2.57 bits per heavy atom. The molecule has 0 atom stereocenters. The normalized spacial score (nSPS) is 10.3. The molecule has 28 heavy (non-hydrogen) atoms. The number of rotatable bonds is 3. The van der Waals surface area contributed by atoms with Crippen molar-refractivity contribution in [3.05, 3.63) is 89.6 Å². The lowest BCUT2D eigenvalue weighted by molar-refractivity contribution is 0.0697. The van der Waals surface area contributed by atoms with Gasteiger partial charge in [-0.15, -0.1) is 0 Å². The minimum Gasteiger partial charge on any atom is -0.496 e. The Morgan fingerprint density at radius 2 is 1.82 bits per heavy atom. The fraction of sp³-hybridized carbons (Fsp3) is 0.0417. The van der Waals surface area contributed by atoms with Gasteiger partial charge in [0.15, 0.2) is 0 Å². The number of aromatic nitrogens is 1. The van der Waals surface area contributed by atoms with E-state index in [1.54, 1.807) is 19.2 Å². The van der Waals surface area contributed by atoms with Gasteiger partial charge in [-0.25, -0.2) is 4.79 Å². The molecule has 4 rings (SSSR count). The first kappa shape index (κ1) is 17.4. The Hall–Kier alpha value is -3.97. The number of carboxylic acid groups (broad SMARTS) is 1. The Balaban J connectivity index is 1.95. The van der Waals surface area contributed by atoms with Crippen molar-refractivity contribution in [2.24, 2.45) is 0 Å². The summed E-state index contributed by atoms with van der Waals surface area (Å²) in [5, 5.41) is 10.7. The van der Waals surface area contributed by atoms with Crippen LogP contribution in [0.5, 0.6) is 5.75 Å². The molecule has 0 aliphatic heterocycles. The number of hydrogen-bond acceptors (Lipinski definition) is 2. The average molecular weight is 367 g/mol. The summed E-state index contributed by atoms with van der Waals surface area (Å²) in [7, 11) is 1.60. The van der Waals surface area contributed by atoms with E-state index in [0.29, 0.717) is 16.9 Å². The quantitative estimate of drug-likeness (QED) is 0.504. The number of aromatic amines is 1. The standard InChI is InChI=1S/C24H17NO3/c1-28-22-15-18(14-21-19(22)12-13-25-21)23-17(8-5-9-20(23)24(26)27)11-10-16-6-3-2-4-7-16/h2-9,12-15,25H,1H3,(H,26,27). The van der Waals surface area contributed by atoms with Gasteiger partial charge in [0.05, 0.1) is 12.7 Å². The van der Waals surface area contributed by atoms with Gasteiger partial charge in [0.25, 0.3) is 0 Å². The maximum absolute atomic E-state index is 11.9. The molecule has 136 valence electrons. The van der Waals surface area contributed by atoms with Gasteiger partial charge >= 0.3 is 5.97 Å². The summed E-state index contributed by atoms with van der Waals surface area (Å²) in [6, 6.07) is 20.5. The zero-order chi connectivity index (χ0) is 19.5. The molecule has 4 heteroatoms. The molecule has 2 N–H and O–H groups in total. The number of ether oxygens (including phenoxy) is 1. The molecule has 0 radical (unpaired) electrons. The molecule has 3 aromatic carbocycles. The van der Waals surface area contributed by atoms with Crippen LogP contribution in [0.4, 0.5) is 0 Å². The molecule has 0 unspecified atom stereocenters. The topological polar surface area (TPSA) is 62.3 Å². The van der Waals surface area contributed by atoms with E-state index >= 15 is 0 Å². The zero-order valence-corrected chi connectivity index (χ0v) is 15.2. The van der Waals surface area contributed by atoms with Gasteiger partial charge in [-0.2, -0.15) is 0 Å². The first-order valence-electron chi connectivity index (χ1n) is 8.76. The van der Waals surface area contributed by atoms with Gasteiger partial charge < -0.3 is 14.8 Å². The van der Waals surface area contributed by atoms with Gasteiger partial charge in [0, 0.05) is 33.8 Å². The molecule has 0 saturated heterocycles. The van der Waals surface area contributed by atoms with Crippen LogP contribution < -0.4 is 4.74 Å². The molecule has 0 bridgehead atoms. The highest BCUT2D eigenvalue weighted by atomic mass is 16.5. The lowest BCUT2D eigenvalue weighted by Crippen LogP contribution is -2.02. The average Bonchev–Trinajstić information content (AvgIpc) is 3.20. The van der Waals surface area contributed by atoms with Gasteiger partial charge in [-0.1, -0.05) is 36.1 Å². The molecule has 0 saturated carbocycles. The third-order valence-corrected chi connectivity index (χ3v) is 4.55. The molecule has 0 spiro atoms. The van der Waals surface area contributed by atoms with Crippen LogP contribution in [-0.2, 0) is 0 Å². The van der Waals surface area contributed by atoms with Crippen molar-refractivity contribution in [1.29, 1.82) is 0 Å². The Kier molecular flexibility index (Phi) is 4.57. The number of carbonyl (C=O) groups is 1. The van der Waals surface area contributed by atoms with E-state index < -0.39 is 5.97 Å². The van der Waals surface area contributed by atoms with Crippen LogP contribution in [0, 0.1) is 11.8 Å². The first-order chi connectivity index (χ1) is 13.7. The van der Waals surface area contributed by atoms with Crippen LogP contribution >= 0.6 is 0 Å². The number of nitrogens with one attached hydrogen (secondary N) is 1. The van der Waals surface area contributed by atoms with Gasteiger partial charge in [-0.3, -0.25) is 0 Å². The summed E-state index contributed by atoms with van der Waals surface area (Å²) < 4.78 is 5.51. The minimum absolute atomic E-state index is 0.202. The minimum atomic E-state index is -0.996. The number of methoxy groups -OCH3 is 1. The molecular weight excluding hydrogens is 350 g/mol. The first-order valence-corrected chi connectivity index (χ1v) is 8.76. The molecular formula is C24H17NO3. The molecule has 1 heterocycles. The Labute approximate surface area is 162 Å². The molecule has 0 fully saturated rings. The fourth-order valence-corrected chi connectivity index (χ4v) is 3.25. The van der Waals surface area contributed by atoms with Crippen LogP contribution in [0.25, 0.3) is 22.0 Å². The molecule has 0 aliphatic rings. The van der Waals surface area contributed by atoms with Crippen LogP contribution in [-0.4, -0.2) is 23.2 Å². The maximum Gasteiger partial charge on any atom is 0.336 e. The second-order valence-corrected chi connectivity index (χ2v) is 6.27. The fourth-order valence-electron chi connectivity index (χ4n) is 3.25. The van der Waals surface area contributed by atoms with Crippen molar-refractivity contribution in [2.45, 2.75) is 0 Å². The highest BCUT2D eigenvalue weighted by Gasteiger charge is 2.17. The number of benzene rings is 3. The number of aromatic carboxylic acids is 1. The van der Waals surface area contributed by atoms with Crippen molar-refractivity contribution in [1.82, 2.24) is 4.98 Å². The number of hydrogen-bond donors (Lipinski definition) is 2. The van der Waals surface area contributed by atoms with E-state index in [1.807, 2.05) is 60.8 Å². The third kappa shape index (κ3) is 3.22. The molecule has 0 aliphatic carbocycles. The second-order valence-electron chi connectivity index (χ2n) is 6.27. The number of fused-ring (bicyclic) bond motifs is 1. The molecule has 1 aromatic heterocycles. The van der Waals surface area contributed by atoms with Crippen molar-refractivity contribution >= 4 is 16.9 Å². The molecule has 4 aromatic rings. The summed E-state index contributed by atoms with van der Waals surface area (Å²) in [4.78, 5) is 15.1. The zero-order valence-electron chi connectivity index (χ0n) is 15.2. The van der Waals surface area contributed by atoms with Crippen LogP contribution in [0.2, 0.25) is 0 Å². The van der Waals surface area contributed by atoms with E-state index in [1.165, 1.54) is 0 Å². The number of carboxylic acids is 1. The van der Waals surface area contributed by atoms with Crippen LogP contribution in [0.1, 0.15) is 21.5 Å². The predicted molar refractivity (Wildman–Crippen MR) is 110 cm³/mol. The summed E-state index contributed by atoms with van der Waals surface area (Å²) in [5.41, 5.74) is 3.91. The summed E-state index contributed by atoms with van der Waals surface area (Å²) in [5.74, 6) is 5.93. The predicted octanol–water partition coefficient (Wildman–Crippen LogP) is 4.94. The van der Waals surface area contributed by atoms with Gasteiger partial charge in [-0.05, 0) is 48.0 Å². The highest BCUT2D eigenvalue weighted by Crippen LogP contribution is 2.35. The number of H-pyrrole nitrogens is 1. The monoisotopic (exact) mass is 367 g/mol. The summed E-state index contributed by atoms with van der Waals surface area (Å²) in [6.07, 6.45) is 1.83. The van der Waals surface area contributed by atoms with Crippen molar-refractivity contribution in [2.75, 3.05) is 7.11 Å². The van der Waals surface area contributed by atoms with Crippen molar-refractivity contribution < 1.29 is 14.6 Å². The van der Waals surface area contributed by atoms with Crippen molar-refractivity contribution in [3.8, 4) is 28.7 Å². The summed E-state index contributed by atoms with van der Waals surface area (Å²) >= 11 is 0. The second kappa shape index (κ2) is 7.34. The Morgan fingerprint density at radius 1 is 1.00 bits per heavy atom. The molecule has 4 nitrogen and oxygen atoms in total. The lowest BCUT2D eigenvalue weighted by atomic mass is 9.93. The Bertz CT molecular complexity index is 1230. The van der Waals surface area contributed by atoms with E-state index in [2.05, 4.69) is 16.8 Å². The van der Waals surface area contributed by atoms with Crippen molar-refractivity contribution in [3.63, 3.8) is 0 Å². The molecule has 0 amide bonds.